The van der Waals surface area contributed by atoms with Crippen LogP contribution in [0.4, 0.5) is 5.69 Å². The number of halogens is 1. The molecule has 1 aromatic rings. The first-order valence-electron chi connectivity index (χ1n) is 5.85. The molecule has 1 aliphatic rings. The third kappa shape index (κ3) is 3.29. The minimum atomic E-state index is -3.81. The van der Waals surface area contributed by atoms with Gasteiger partial charge in [-0.15, -0.1) is 11.3 Å². The summed E-state index contributed by atoms with van der Waals surface area (Å²) in [5.41, 5.74) is -0.395. The maximum Gasteiger partial charge on any atom is 0.300 e. The first-order chi connectivity index (χ1) is 9.31. The van der Waals surface area contributed by atoms with Crippen molar-refractivity contribution in [1.29, 1.82) is 0 Å². The van der Waals surface area contributed by atoms with Crippen molar-refractivity contribution in [3.8, 4) is 0 Å². The van der Waals surface area contributed by atoms with Crippen molar-refractivity contribution in [2.75, 3.05) is 13.2 Å². The molecule has 0 aliphatic carbocycles. The van der Waals surface area contributed by atoms with Crippen molar-refractivity contribution in [2.45, 2.75) is 23.6 Å². The summed E-state index contributed by atoms with van der Waals surface area (Å²) in [5, 5.41) is 10.7. The molecule has 112 valence electrons. The summed E-state index contributed by atoms with van der Waals surface area (Å²) in [4.78, 5) is 9.99. The fourth-order valence-electron chi connectivity index (χ4n) is 1.94. The number of nitrogens with zero attached hydrogens (tertiary/aromatic N) is 1. The minimum Gasteiger partial charge on any atom is -0.381 e. The predicted octanol–water partition coefficient (Wildman–Crippen LogP) is 2.01. The summed E-state index contributed by atoms with van der Waals surface area (Å²) in [6, 6.07) is 0.676. The lowest BCUT2D eigenvalue weighted by atomic mass is 10.0. The third-order valence-electron chi connectivity index (χ3n) is 3.12. The smallest absolute Gasteiger partial charge is 0.300 e. The molecule has 2 rings (SSSR count). The molecule has 1 aliphatic heterocycles. The molecule has 2 unspecified atom stereocenters. The normalized spacial score (nSPS) is 21.0. The van der Waals surface area contributed by atoms with Gasteiger partial charge in [-0.05, 0) is 13.3 Å². The van der Waals surface area contributed by atoms with Crippen molar-refractivity contribution in [3.05, 3.63) is 20.5 Å². The zero-order valence-corrected chi connectivity index (χ0v) is 12.9. The topological polar surface area (TPSA) is 98.5 Å². The van der Waals surface area contributed by atoms with Gasteiger partial charge in [0.25, 0.3) is 15.7 Å². The van der Waals surface area contributed by atoms with Gasteiger partial charge in [0.2, 0.25) is 0 Å². The van der Waals surface area contributed by atoms with Crippen LogP contribution in [0.3, 0.4) is 0 Å². The average Bonchev–Trinajstić information content (AvgIpc) is 2.96. The van der Waals surface area contributed by atoms with Gasteiger partial charge in [-0.3, -0.25) is 10.1 Å². The van der Waals surface area contributed by atoms with Gasteiger partial charge in [-0.25, -0.2) is 13.1 Å². The number of ether oxygens (including phenoxy) is 1. The van der Waals surface area contributed by atoms with Crippen LogP contribution < -0.4 is 4.72 Å². The summed E-state index contributed by atoms with van der Waals surface area (Å²) in [6.45, 7) is 2.88. The number of sulfonamides is 1. The maximum absolute atomic E-state index is 12.2. The van der Waals surface area contributed by atoms with E-state index in [0.29, 0.717) is 24.6 Å². The third-order valence-corrected chi connectivity index (χ3v) is 6.49. The van der Waals surface area contributed by atoms with Crippen LogP contribution in [0.2, 0.25) is 4.34 Å². The lowest BCUT2D eigenvalue weighted by molar-refractivity contribution is -0.384. The summed E-state index contributed by atoms with van der Waals surface area (Å²) in [7, 11) is -3.81. The van der Waals surface area contributed by atoms with E-state index in [4.69, 9.17) is 16.3 Å². The summed E-state index contributed by atoms with van der Waals surface area (Å²) >= 11 is 6.35. The Morgan fingerprint density at radius 1 is 1.65 bits per heavy atom. The van der Waals surface area contributed by atoms with E-state index in [1.807, 2.05) is 0 Å². The lowest BCUT2D eigenvalue weighted by Gasteiger charge is -2.18. The van der Waals surface area contributed by atoms with Crippen LogP contribution in [-0.2, 0) is 14.8 Å². The predicted molar refractivity (Wildman–Crippen MR) is 74.7 cm³/mol. The quantitative estimate of drug-likeness (QED) is 0.653. The van der Waals surface area contributed by atoms with Crippen molar-refractivity contribution in [1.82, 2.24) is 4.72 Å². The number of hydrogen-bond donors (Lipinski definition) is 1. The first kappa shape index (κ1) is 15.6. The SMILES string of the molecule is CC(NS(=O)(=O)c1cc([N+](=O)[O-])c(Cl)s1)C1CCOC1. The molecule has 0 amide bonds. The standard InChI is InChI=1S/C10H13ClN2O5S2/c1-6(7-2-3-18-5-7)12-20(16,17)9-4-8(13(14)15)10(11)19-9/h4,6-7,12H,2-3,5H2,1H3. The molecule has 0 bridgehead atoms. The zero-order valence-electron chi connectivity index (χ0n) is 10.5. The van der Waals surface area contributed by atoms with Gasteiger partial charge in [-0.2, -0.15) is 0 Å². The molecule has 0 saturated carbocycles. The molecule has 0 radical (unpaired) electrons. The fraction of sp³-hybridized carbons (Fsp3) is 0.600. The number of thiophene rings is 1. The monoisotopic (exact) mass is 340 g/mol. The lowest BCUT2D eigenvalue weighted by Crippen LogP contribution is -2.38. The summed E-state index contributed by atoms with van der Waals surface area (Å²) in [6.07, 6.45) is 0.787. The minimum absolute atomic E-state index is 0.107. The molecule has 1 N–H and O–H groups in total. The zero-order chi connectivity index (χ0) is 14.9. The van der Waals surface area contributed by atoms with Crippen molar-refractivity contribution in [3.63, 3.8) is 0 Å². The molecule has 10 heteroatoms. The Balaban J connectivity index is 2.17. The van der Waals surface area contributed by atoms with Crippen molar-refractivity contribution in [2.24, 2.45) is 5.92 Å². The Hall–Kier alpha value is -0.740. The second-order valence-corrected chi connectivity index (χ2v) is 8.11. The molecule has 20 heavy (non-hydrogen) atoms. The van der Waals surface area contributed by atoms with E-state index in [1.54, 1.807) is 6.92 Å². The molecule has 0 spiro atoms. The highest BCUT2D eigenvalue weighted by molar-refractivity contribution is 7.91. The van der Waals surface area contributed by atoms with Gasteiger partial charge in [0.05, 0.1) is 11.5 Å². The fourth-order valence-corrected chi connectivity index (χ4v) is 4.93. The summed E-state index contributed by atoms with van der Waals surface area (Å²) in [5.74, 6) is 0.107. The largest absolute Gasteiger partial charge is 0.381 e. The van der Waals surface area contributed by atoms with E-state index in [-0.39, 0.29) is 20.5 Å². The van der Waals surface area contributed by atoms with E-state index < -0.39 is 20.6 Å². The Kier molecular flexibility index (Phi) is 4.65. The van der Waals surface area contributed by atoms with E-state index in [0.717, 1.165) is 12.5 Å². The van der Waals surface area contributed by atoms with Crippen LogP contribution >= 0.6 is 22.9 Å². The van der Waals surface area contributed by atoms with Crippen LogP contribution in [0.25, 0.3) is 0 Å². The molecule has 1 saturated heterocycles. The molecule has 2 heterocycles. The van der Waals surface area contributed by atoms with Crippen LogP contribution in [0, 0.1) is 16.0 Å². The van der Waals surface area contributed by atoms with Gasteiger partial charge in [-0.1, -0.05) is 11.6 Å². The highest BCUT2D eigenvalue weighted by atomic mass is 35.5. The molecular weight excluding hydrogens is 328 g/mol. The molecule has 2 atom stereocenters. The Bertz CT molecular complexity index is 609. The van der Waals surface area contributed by atoms with E-state index in [9.17, 15) is 18.5 Å². The van der Waals surface area contributed by atoms with Crippen LogP contribution in [-0.4, -0.2) is 32.6 Å². The van der Waals surface area contributed by atoms with Gasteiger partial charge in [0, 0.05) is 24.6 Å². The average molecular weight is 341 g/mol. The molecule has 0 aromatic carbocycles. The molecule has 1 aromatic heterocycles. The highest BCUT2D eigenvalue weighted by Gasteiger charge is 2.30. The summed E-state index contributed by atoms with van der Waals surface area (Å²) < 4.78 is 31.8. The van der Waals surface area contributed by atoms with E-state index in [1.165, 1.54) is 0 Å². The number of hydrogen-bond acceptors (Lipinski definition) is 6. The van der Waals surface area contributed by atoms with Gasteiger partial charge < -0.3 is 4.74 Å². The number of nitrogens with one attached hydrogen (secondary N) is 1. The molecule has 7 nitrogen and oxygen atoms in total. The Labute approximate surface area is 125 Å². The van der Waals surface area contributed by atoms with Gasteiger partial charge >= 0.3 is 0 Å². The number of nitro groups is 1. The Morgan fingerprint density at radius 2 is 2.35 bits per heavy atom. The van der Waals surface area contributed by atoms with Gasteiger partial charge in [0.1, 0.15) is 4.21 Å². The second-order valence-electron chi connectivity index (χ2n) is 4.52. The highest BCUT2D eigenvalue weighted by Crippen LogP contribution is 2.36. The van der Waals surface area contributed by atoms with Gasteiger partial charge in [0.15, 0.2) is 4.34 Å². The Morgan fingerprint density at radius 3 is 2.85 bits per heavy atom. The van der Waals surface area contributed by atoms with Crippen LogP contribution in [0.5, 0.6) is 0 Å². The van der Waals surface area contributed by atoms with Crippen LogP contribution in [0.15, 0.2) is 10.3 Å². The van der Waals surface area contributed by atoms with E-state index >= 15 is 0 Å². The van der Waals surface area contributed by atoms with Crippen molar-refractivity contribution >= 4 is 38.6 Å². The molecular formula is C10H13ClN2O5S2. The first-order valence-corrected chi connectivity index (χ1v) is 8.53. The maximum atomic E-state index is 12.2. The molecule has 1 fully saturated rings. The second kappa shape index (κ2) is 5.94. The van der Waals surface area contributed by atoms with Crippen LogP contribution in [0.1, 0.15) is 13.3 Å². The number of rotatable bonds is 5. The van der Waals surface area contributed by atoms with Crippen molar-refractivity contribution < 1.29 is 18.1 Å². The van der Waals surface area contributed by atoms with E-state index in [2.05, 4.69) is 4.72 Å².